The number of nitrogens with zero attached hydrogens (tertiary/aromatic N) is 2. The van der Waals surface area contributed by atoms with E-state index in [1.54, 1.807) is 0 Å². The number of hydrogen-bond acceptors (Lipinski definition) is 4. The van der Waals surface area contributed by atoms with Gasteiger partial charge in [-0.25, -0.2) is 0 Å². The topological polar surface area (TPSA) is 26.7 Å². The van der Waals surface area contributed by atoms with E-state index in [1.165, 1.54) is 9.75 Å². The van der Waals surface area contributed by atoms with Gasteiger partial charge in [0.25, 0.3) is 0 Å². The van der Waals surface area contributed by atoms with E-state index in [9.17, 15) is 5.11 Å². The Morgan fingerprint density at radius 3 is 2.50 bits per heavy atom. The quantitative estimate of drug-likeness (QED) is 0.884. The number of aryl methyl sites for hydroxylation is 1. The minimum atomic E-state index is 0.292. The van der Waals surface area contributed by atoms with Gasteiger partial charge in [0, 0.05) is 48.5 Å². The Bertz CT molecular complexity index is 354. The van der Waals surface area contributed by atoms with Crippen LogP contribution in [0, 0.1) is 6.92 Å². The molecular weight excluding hydrogens is 244 g/mol. The summed E-state index contributed by atoms with van der Waals surface area (Å²) in [6.45, 7) is 10.1. The maximum Gasteiger partial charge on any atom is 0.0586 e. The summed E-state index contributed by atoms with van der Waals surface area (Å²) >= 11 is 1.90. The molecule has 1 N–H and O–H groups in total. The van der Waals surface area contributed by atoms with Crippen molar-refractivity contribution in [1.82, 2.24) is 9.80 Å². The Morgan fingerprint density at radius 1 is 1.28 bits per heavy atom. The van der Waals surface area contributed by atoms with Crippen LogP contribution in [0.2, 0.25) is 0 Å². The van der Waals surface area contributed by atoms with E-state index in [4.69, 9.17) is 0 Å². The Kier molecular flexibility index (Phi) is 5.18. The van der Waals surface area contributed by atoms with Crippen LogP contribution in [0.3, 0.4) is 0 Å². The molecule has 1 atom stereocenters. The lowest BCUT2D eigenvalue weighted by molar-refractivity contribution is 0.0612. The fourth-order valence-corrected chi connectivity index (χ4v) is 3.51. The molecule has 0 saturated carbocycles. The van der Waals surface area contributed by atoms with E-state index < -0.39 is 0 Å². The normalized spacial score (nSPS) is 20.2. The van der Waals surface area contributed by atoms with Crippen molar-refractivity contribution in [2.24, 2.45) is 0 Å². The van der Waals surface area contributed by atoms with Crippen LogP contribution in [0.15, 0.2) is 12.1 Å². The van der Waals surface area contributed by atoms with Gasteiger partial charge in [0.1, 0.15) is 0 Å². The standard InChI is InChI=1S/C14H24N2OS/c1-3-13(11-17)16-8-6-15(7-9-16)10-14-5-4-12(2)18-14/h4-5,13,17H,3,6-11H2,1-2H3/t13-/m1/s1. The predicted molar refractivity (Wildman–Crippen MR) is 77.1 cm³/mol. The van der Waals surface area contributed by atoms with Gasteiger partial charge in [-0.15, -0.1) is 11.3 Å². The highest BCUT2D eigenvalue weighted by Crippen LogP contribution is 2.18. The zero-order valence-corrected chi connectivity index (χ0v) is 12.2. The van der Waals surface area contributed by atoms with Crippen molar-refractivity contribution >= 4 is 11.3 Å². The molecule has 102 valence electrons. The zero-order chi connectivity index (χ0) is 13.0. The number of aliphatic hydroxyl groups excluding tert-OH is 1. The fraction of sp³-hybridized carbons (Fsp3) is 0.714. The molecule has 2 heterocycles. The van der Waals surface area contributed by atoms with Crippen LogP contribution < -0.4 is 0 Å². The highest BCUT2D eigenvalue weighted by atomic mass is 32.1. The van der Waals surface area contributed by atoms with E-state index in [-0.39, 0.29) is 0 Å². The first-order valence-corrected chi connectivity index (χ1v) is 7.67. The van der Waals surface area contributed by atoms with E-state index >= 15 is 0 Å². The molecule has 4 heteroatoms. The first-order valence-electron chi connectivity index (χ1n) is 6.85. The molecule has 1 fully saturated rings. The van der Waals surface area contributed by atoms with Crippen LogP contribution in [0.25, 0.3) is 0 Å². The minimum absolute atomic E-state index is 0.292. The summed E-state index contributed by atoms with van der Waals surface area (Å²) in [5.74, 6) is 0. The molecule has 2 rings (SSSR count). The maximum absolute atomic E-state index is 9.33. The third-order valence-electron chi connectivity index (χ3n) is 3.78. The Hall–Kier alpha value is -0.420. The number of thiophene rings is 1. The highest BCUT2D eigenvalue weighted by molar-refractivity contribution is 7.11. The number of aliphatic hydroxyl groups is 1. The third kappa shape index (κ3) is 3.54. The summed E-state index contributed by atoms with van der Waals surface area (Å²) in [7, 11) is 0. The van der Waals surface area contributed by atoms with Gasteiger partial charge in [-0.05, 0) is 25.5 Å². The van der Waals surface area contributed by atoms with Crippen LogP contribution in [0.5, 0.6) is 0 Å². The highest BCUT2D eigenvalue weighted by Gasteiger charge is 2.22. The lowest BCUT2D eigenvalue weighted by atomic mass is 10.1. The summed E-state index contributed by atoms with van der Waals surface area (Å²) in [5, 5.41) is 9.33. The molecule has 0 aromatic carbocycles. The molecule has 3 nitrogen and oxygen atoms in total. The Labute approximate surface area is 114 Å². The molecule has 1 aromatic rings. The SMILES string of the molecule is CC[C@H](CO)N1CCN(Cc2ccc(C)s2)CC1. The van der Waals surface area contributed by atoms with Gasteiger partial charge in [0.2, 0.25) is 0 Å². The van der Waals surface area contributed by atoms with Crippen LogP contribution in [0.1, 0.15) is 23.1 Å². The molecule has 0 bridgehead atoms. The molecule has 0 spiro atoms. The van der Waals surface area contributed by atoms with Crippen molar-refractivity contribution in [2.75, 3.05) is 32.8 Å². The largest absolute Gasteiger partial charge is 0.395 e. The Balaban J connectivity index is 1.79. The molecule has 18 heavy (non-hydrogen) atoms. The molecule has 0 aliphatic carbocycles. The average molecular weight is 268 g/mol. The van der Waals surface area contributed by atoms with E-state index in [0.29, 0.717) is 12.6 Å². The predicted octanol–water partition coefficient (Wildman–Crippen LogP) is 1.95. The van der Waals surface area contributed by atoms with Crippen molar-refractivity contribution in [3.05, 3.63) is 21.9 Å². The van der Waals surface area contributed by atoms with E-state index in [1.807, 2.05) is 11.3 Å². The van der Waals surface area contributed by atoms with Crippen molar-refractivity contribution in [3.8, 4) is 0 Å². The number of piperazine rings is 1. The van der Waals surface area contributed by atoms with Gasteiger partial charge in [-0.1, -0.05) is 6.92 Å². The molecule has 0 unspecified atom stereocenters. The van der Waals surface area contributed by atoms with Gasteiger partial charge in [-0.3, -0.25) is 9.80 Å². The van der Waals surface area contributed by atoms with Gasteiger partial charge >= 0.3 is 0 Å². The van der Waals surface area contributed by atoms with Crippen LogP contribution in [-0.4, -0.2) is 53.7 Å². The second-order valence-corrected chi connectivity index (χ2v) is 6.44. The lowest BCUT2D eigenvalue weighted by Crippen LogP contribution is -2.50. The van der Waals surface area contributed by atoms with Crippen molar-refractivity contribution in [2.45, 2.75) is 32.9 Å². The molecule has 0 amide bonds. The average Bonchev–Trinajstić information content (AvgIpc) is 2.78. The lowest BCUT2D eigenvalue weighted by Gasteiger charge is -2.38. The number of hydrogen-bond donors (Lipinski definition) is 1. The summed E-state index contributed by atoms with van der Waals surface area (Å²) in [4.78, 5) is 7.81. The molecule has 0 radical (unpaired) electrons. The number of rotatable bonds is 5. The molecule has 1 aliphatic heterocycles. The van der Waals surface area contributed by atoms with Crippen LogP contribution in [-0.2, 0) is 6.54 Å². The summed E-state index contributed by atoms with van der Waals surface area (Å²) in [6.07, 6.45) is 1.04. The van der Waals surface area contributed by atoms with Gasteiger partial charge in [0.05, 0.1) is 6.61 Å². The zero-order valence-electron chi connectivity index (χ0n) is 11.4. The fourth-order valence-electron chi connectivity index (χ4n) is 2.58. The maximum atomic E-state index is 9.33. The van der Waals surface area contributed by atoms with Crippen molar-refractivity contribution in [3.63, 3.8) is 0 Å². The van der Waals surface area contributed by atoms with Gasteiger partial charge < -0.3 is 5.11 Å². The molecular formula is C14H24N2OS. The van der Waals surface area contributed by atoms with Gasteiger partial charge in [0.15, 0.2) is 0 Å². The second kappa shape index (κ2) is 6.66. The van der Waals surface area contributed by atoms with E-state index in [2.05, 4.69) is 35.8 Å². The third-order valence-corrected chi connectivity index (χ3v) is 4.77. The minimum Gasteiger partial charge on any atom is -0.395 e. The van der Waals surface area contributed by atoms with E-state index in [0.717, 1.165) is 39.1 Å². The molecule has 1 aromatic heterocycles. The molecule has 1 aliphatic rings. The van der Waals surface area contributed by atoms with Crippen LogP contribution in [0.4, 0.5) is 0 Å². The Morgan fingerprint density at radius 2 is 2.00 bits per heavy atom. The summed E-state index contributed by atoms with van der Waals surface area (Å²) in [6, 6.07) is 4.81. The smallest absolute Gasteiger partial charge is 0.0586 e. The first kappa shape index (κ1) is 14.0. The van der Waals surface area contributed by atoms with Gasteiger partial charge in [-0.2, -0.15) is 0 Å². The summed E-state index contributed by atoms with van der Waals surface area (Å²) in [5.41, 5.74) is 0. The van der Waals surface area contributed by atoms with Crippen LogP contribution >= 0.6 is 11.3 Å². The van der Waals surface area contributed by atoms with Crippen molar-refractivity contribution < 1.29 is 5.11 Å². The molecule has 1 saturated heterocycles. The first-order chi connectivity index (χ1) is 8.72. The second-order valence-electron chi connectivity index (χ2n) is 5.07. The summed E-state index contributed by atoms with van der Waals surface area (Å²) < 4.78 is 0. The monoisotopic (exact) mass is 268 g/mol. The van der Waals surface area contributed by atoms with Crippen molar-refractivity contribution in [1.29, 1.82) is 0 Å².